The summed E-state index contributed by atoms with van der Waals surface area (Å²) in [4.78, 5) is 5.36. The standard InChI is InChI=1S/C41H25NS/c1-2-10-26(11-3-1)27-20-21-32-31-14-4-5-16-34(31)40-35(37(32)25-27)22-23-38(42-40)29-13-8-12-28(24-29)30-17-9-18-36-33-15-6-7-19-39(33)43-41(30)36/h1-25H. The van der Waals surface area contributed by atoms with Gasteiger partial charge in [-0.25, -0.2) is 4.98 Å². The molecule has 2 aromatic heterocycles. The van der Waals surface area contributed by atoms with Gasteiger partial charge in [-0.3, -0.25) is 0 Å². The number of benzene rings is 7. The van der Waals surface area contributed by atoms with Gasteiger partial charge in [-0.05, 0) is 68.7 Å². The van der Waals surface area contributed by atoms with Gasteiger partial charge in [0.2, 0.25) is 0 Å². The van der Waals surface area contributed by atoms with E-state index in [0.29, 0.717) is 0 Å². The van der Waals surface area contributed by atoms with Crippen LogP contribution in [-0.4, -0.2) is 4.98 Å². The lowest BCUT2D eigenvalue weighted by atomic mass is 9.93. The fourth-order valence-corrected chi connectivity index (χ4v) is 7.84. The van der Waals surface area contributed by atoms with Crippen molar-refractivity contribution in [1.29, 1.82) is 0 Å². The number of thiophene rings is 1. The third-order valence-electron chi connectivity index (χ3n) is 8.66. The molecule has 0 N–H and O–H groups in total. The van der Waals surface area contributed by atoms with E-state index in [2.05, 4.69) is 152 Å². The first kappa shape index (κ1) is 24.3. The Morgan fingerprint density at radius 2 is 1.02 bits per heavy atom. The van der Waals surface area contributed by atoms with Crippen molar-refractivity contribution in [3.63, 3.8) is 0 Å². The quantitative estimate of drug-likeness (QED) is 0.195. The van der Waals surface area contributed by atoms with Crippen LogP contribution in [-0.2, 0) is 0 Å². The van der Waals surface area contributed by atoms with Crippen molar-refractivity contribution >= 4 is 64.0 Å². The molecular weight excluding hydrogens is 539 g/mol. The van der Waals surface area contributed by atoms with Crippen molar-refractivity contribution in [1.82, 2.24) is 4.98 Å². The second-order valence-electron chi connectivity index (χ2n) is 11.1. The lowest BCUT2D eigenvalue weighted by Gasteiger charge is -2.13. The van der Waals surface area contributed by atoms with E-state index < -0.39 is 0 Å². The predicted octanol–water partition coefficient (Wildman–Crippen LogP) is 11.9. The topological polar surface area (TPSA) is 12.9 Å². The first-order chi connectivity index (χ1) is 21.3. The van der Waals surface area contributed by atoms with Crippen LogP contribution >= 0.6 is 11.3 Å². The van der Waals surface area contributed by atoms with Crippen LogP contribution in [0, 0.1) is 0 Å². The molecule has 0 saturated carbocycles. The molecule has 0 aliphatic carbocycles. The summed E-state index contributed by atoms with van der Waals surface area (Å²) in [7, 11) is 0. The van der Waals surface area contributed by atoms with Crippen LogP contribution < -0.4 is 0 Å². The van der Waals surface area contributed by atoms with Gasteiger partial charge in [-0.15, -0.1) is 11.3 Å². The zero-order chi connectivity index (χ0) is 28.3. The van der Waals surface area contributed by atoms with Crippen molar-refractivity contribution in [2.45, 2.75) is 0 Å². The van der Waals surface area contributed by atoms with Gasteiger partial charge in [0.25, 0.3) is 0 Å². The SMILES string of the molecule is c1ccc(-c2ccc3c4ccccc4c4nc(-c5cccc(-c6cccc7c6sc6ccccc67)c5)ccc4c3c2)cc1. The Kier molecular flexibility index (Phi) is 5.44. The van der Waals surface area contributed by atoms with Crippen molar-refractivity contribution in [3.05, 3.63) is 152 Å². The van der Waals surface area contributed by atoms with Crippen molar-refractivity contribution < 1.29 is 0 Å². The van der Waals surface area contributed by atoms with E-state index in [-0.39, 0.29) is 0 Å². The molecule has 0 amide bonds. The Labute approximate surface area is 253 Å². The van der Waals surface area contributed by atoms with Gasteiger partial charge in [0.1, 0.15) is 0 Å². The zero-order valence-corrected chi connectivity index (χ0v) is 24.1. The summed E-state index contributed by atoms with van der Waals surface area (Å²) in [5.74, 6) is 0. The minimum Gasteiger partial charge on any atom is -0.247 e. The Balaban J connectivity index is 1.24. The summed E-state index contributed by atoms with van der Waals surface area (Å²) in [6, 6.07) is 54.8. The molecule has 0 bridgehead atoms. The van der Waals surface area contributed by atoms with Gasteiger partial charge in [0, 0.05) is 36.5 Å². The smallest absolute Gasteiger partial charge is 0.0794 e. The summed E-state index contributed by atoms with van der Waals surface area (Å²) in [5.41, 5.74) is 8.08. The second kappa shape index (κ2) is 9.62. The molecule has 0 radical (unpaired) electrons. The molecule has 2 heterocycles. The van der Waals surface area contributed by atoms with Crippen LogP contribution in [0.5, 0.6) is 0 Å². The molecule has 0 aliphatic rings. The number of rotatable bonds is 3. The summed E-state index contributed by atoms with van der Waals surface area (Å²) in [6.07, 6.45) is 0. The van der Waals surface area contributed by atoms with E-state index in [4.69, 9.17) is 4.98 Å². The van der Waals surface area contributed by atoms with E-state index in [1.54, 1.807) is 0 Å². The van der Waals surface area contributed by atoms with Crippen LogP contribution in [0.1, 0.15) is 0 Å². The van der Waals surface area contributed by atoms with Gasteiger partial charge in [-0.1, -0.05) is 121 Å². The van der Waals surface area contributed by atoms with E-state index in [0.717, 1.165) is 16.8 Å². The monoisotopic (exact) mass is 563 g/mol. The Morgan fingerprint density at radius 1 is 0.372 bits per heavy atom. The normalized spacial score (nSPS) is 11.7. The number of hydrogen-bond donors (Lipinski definition) is 0. The molecule has 0 aliphatic heterocycles. The summed E-state index contributed by atoms with van der Waals surface area (Å²) < 4.78 is 2.66. The lowest BCUT2D eigenvalue weighted by Crippen LogP contribution is -1.90. The van der Waals surface area contributed by atoms with E-state index in [1.807, 2.05) is 11.3 Å². The number of hydrogen-bond acceptors (Lipinski definition) is 2. The number of aromatic nitrogens is 1. The number of pyridine rings is 1. The highest BCUT2D eigenvalue weighted by molar-refractivity contribution is 7.26. The summed E-state index contributed by atoms with van der Waals surface area (Å²) in [5, 5.41) is 8.74. The molecule has 2 heteroatoms. The average molecular weight is 564 g/mol. The fraction of sp³-hybridized carbons (Fsp3) is 0. The predicted molar refractivity (Wildman–Crippen MR) is 186 cm³/mol. The van der Waals surface area contributed by atoms with Crippen molar-refractivity contribution in [2.75, 3.05) is 0 Å². The third kappa shape index (κ3) is 3.88. The maximum Gasteiger partial charge on any atom is 0.0794 e. The highest BCUT2D eigenvalue weighted by Gasteiger charge is 2.14. The molecule has 1 nitrogen and oxygen atoms in total. The highest BCUT2D eigenvalue weighted by Crippen LogP contribution is 2.41. The Bertz CT molecular complexity index is 2510. The summed E-state index contributed by atoms with van der Waals surface area (Å²) in [6.45, 7) is 0. The molecule has 0 spiro atoms. The fourth-order valence-electron chi connectivity index (χ4n) is 6.60. The van der Waals surface area contributed by atoms with Crippen molar-refractivity contribution in [2.24, 2.45) is 0 Å². The van der Waals surface area contributed by atoms with Gasteiger partial charge < -0.3 is 0 Å². The maximum atomic E-state index is 5.36. The molecule has 200 valence electrons. The van der Waals surface area contributed by atoms with E-state index >= 15 is 0 Å². The molecule has 0 unspecified atom stereocenters. The second-order valence-corrected chi connectivity index (χ2v) is 12.2. The van der Waals surface area contributed by atoms with Crippen LogP contribution in [0.4, 0.5) is 0 Å². The van der Waals surface area contributed by atoms with Crippen LogP contribution in [0.15, 0.2) is 152 Å². The largest absolute Gasteiger partial charge is 0.247 e. The molecule has 0 saturated heterocycles. The average Bonchev–Trinajstić information content (AvgIpc) is 3.47. The van der Waals surface area contributed by atoms with Gasteiger partial charge >= 0.3 is 0 Å². The van der Waals surface area contributed by atoms with E-state index in [1.165, 1.54) is 69.4 Å². The van der Waals surface area contributed by atoms with Crippen molar-refractivity contribution in [3.8, 4) is 33.5 Å². The molecule has 9 aromatic rings. The molecule has 0 atom stereocenters. The minimum atomic E-state index is 0.988. The number of fused-ring (bicyclic) bond motifs is 9. The minimum absolute atomic E-state index is 0.988. The maximum absolute atomic E-state index is 5.36. The highest BCUT2D eigenvalue weighted by atomic mass is 32.1. The van der Waals surface area contributed by atoms with Crippen LogP contribution in [0.3, 0.4) is 0 Å². The zero-order valence-electron chi connectivity index (χ0n) is 23.3. The van der Waals surface area contributed by atoms with Crippen LogP contribution in [0.25, 0.3) is 86.1 Å². The van der Waals surface area contributed by atoms with Gasteiger partial charge in [-0.2, -0.15) is 0 Å². The molecule has 9 rings (SSSR count). The van der Waals surface area contributed by atoms with E-state index in [9.17, 15) is 0 Å². The first-order valence-corrected chi connectivity index (χ1v) is 15.5. The Morgan fingerprint density at radius 3 is 1.93 bits per heavy atom. The summed E-state index contributed by atoms with van der Waals surface area (Å²) >= 11 is 1.87. The lowest BCUT2D eigenvalue weighted by molar-refractivity contribution is 1.41. The molecular formula is C41H25NS. The van der Waals surface area contributed by atoms with Gasteiger partial charge in [0.05, 0.1) is 11.2 Å². The first-order valence-electron chi connectivity index (χ1n) is 14.6. The van der Waals surface area contributed by atoms with Crippen LogP contribution in [0.2, 0.25) is 0 Å². The molecule has 7 aromatic carbocycles. The molecule has 43 heavy (non-hydrogen) atoms. The third-order valence-corrected chi connectivity index (χ3v) is 9.88. The number of nitrogens with zero attached hydrogens (tertiary/aromatic N) is 1. The molecule has 0 fully saturated rings. The Hall–Kier alpha value is -5.31. The van der Waals surface area contributed by atoms with Gasteiger partial charge in [0.15, 0.2) is 0 Å².